The first-order chi connectivity index (χ1) is 5.54. The van der Waals surface area contributed by atoms with Gasteiger partial charge in [0.1, 0.15) is 6.04 Å². The number of aliphatic carboxylic acids is 1. The Hall–Kier alpha value is -0.570. The number of hydrogen-bond acceptors (Lipinski definition) is 2. The molecule has 0 aromatic heterocycles. The molecule has 3 heteroatoms. The second kappa shape index (κ2) is 5.14. The van der Waals surface area contributed by atoms with E-state index >= 15 is 0 Å². The molecule has 0 aromatic carbocycles. The SMILES string of the molecule is CCN(CC)[C@H](C(=O)O)C(C)C. The van der Waals surface area contributed by atoms with Gasteiger partial charge in [-0.05, 0) is 19.0 Å². The van der Waals surface area contributed by atoms with Crippen LogP contribution in [0, 0.1) is 5.92 Å². The highest BCUT2D eigenvalue weighted by molar-refractivity contribution is 5.73. The number of hydrogen-bond donors (Lipinski definition) is 1. The van der Waals surface area contributed by atoms with Crippen molar-refractivity contribution >= 4 is 5.97 Å². The van der Waals surface area contributed by atoms with Gasteiger partial charge in [-0.15, -0.1) is 0 Å². The zero-order chi connectivity index (χ0) is 9.72. The van der Waals surface area contributed by atoms with Crippen LogP contribution >= 0.6 is 0 Å². The fourth-order valence-corrected chi connectivity index (χ4v) is 1.48. The third kappa shape index (κ3) is 2.81. The van der Waals surface area contributed by atoms with Crippen molar-refractivity contribution in [2.24, 2.45) is 5.92 Å². The third-order valence-corrected chi connectivity index (χ3v) is 2.09. The molecule has 0 rings (SSSR count). The van der Waals surface area contributed by atoms with Crippen LogP contribution in [0.25, 0.3) is 0 Å². The Labute approximate surface area is 74.4 Å². The molecule has 1 atom stereocenters. The second-order valence-electron chi connectivity index (χ2n) is 3.25. The van der Waals surface area contributed by atoms with E-state index in [4.69, 9.17) is 5.11 Å². The Bertz CT molecular complexity index is 141. The van der Waals surface area contributed by atoms with Gasteiger partial charge in [0.05, 0.1) is 0 Å². The molecule has 0 saturated carbocycles. The molecule has 3 nitrogen and oxygen atoms in total. The van der Waals surface area contributed by atoms with Crippen molar-refractivity contribution in [3.63, 3.8) is 0 Å². The Morgan fingerprint density at radius 1 is 1.33 bits per heavy atom. The van der Waals surface area contributed by atoms with Crippen molar-refractivity contribution < 1.29 is 9.90 Å². The monoisotopic (exact) mass is 173 g/mol. The van der Waals surface area contributed by atoms with Crippen LogP contribution in [-0.2, 0) is 4.79 Å². The molecule has 1 N–H and O–H groups in total. The van der Waals surface area contributed by atoms with E-state index in [1.54, 1.807) is 0 Å². The standard InChI is InChI=1S/C9H19NO2/c1-5-10(6-2)8(7(3)4)9(11)12/h7-8H,5-6H2,1-4H3,(H,11,12)/t8-/m0/s1. The van der Waals surface area contributed by atoms with Gasteiger partial charge in [0.15, 0.2) is 0 Å². The Morgan fingerprint density at radius 2 is 1.75 bits per heavy atom. The maximum atomic E-state index is 10.9. The largest absolute Gasteiger partial charge is 0.480 e. The molecule has 0 spiro atoms. The summed E-state index contributed by atoms with van der Waals surface area (Å²) in [7, 11) is 0. The topological polar surface area (TPSA) is 40.5 Å². The van der Waals surface area contributed by atoms with E-state index in [-0.39, 0.29) is 12.0 Å². The molecule has 0 aromatic rings. The minimum absolute atomic E-state index is 0.169. The lowest BCUT2D eigenvalue weighted by atomic mass is 10.0. The summed E-state index contributed by atoms with van der Waals surface area (Å²) in [5.74, 6) is -0.545. The van der Waals surface area contributed by atoms with Gasteiger partial charge >= 0.3 is 5.97 Å². The number of carboxylic acids is 1. The van der Waals surface area contributed by atoms with Gasteiger partial charge in [-0.3, -0.25) is 9.69 Å². The summed E-state index contributed by atoms with van der Waals surface area (Å²) >= 11 is 0. The highest BCUT2D eigenvalue weighted by atomic mass is 16.4. The van der Waals surface area contributed by atoms with Gasteiger partial charge in [0, 0.05) is 0 Å². The summed E-state index contributed by atoms with van der Waals surface area (Å²) in [6, 6.07) is -0.333. The molecule has 0 amide bonds. The minimum atomic E-state index is -0.714. The lowest BCUT2D eigenvalue weighted by Gasteiger charge is -2.28. The van der Waals surface area contributed by atoms with Crippen LogP contribution < -0.4 is 0 Å². The van der Waals surface area contributed by atoms with Gasteiger partial charge in [-0.25, -0.2) is 0 Å². The Kier molecular flexibility index (Phi) is 4.90. The molecule has 0 radical (unpaired) electrons. The number of carbonyl (C=O) groups is 1. The molecule has 0 unspecified atom stereocenters. The van der Waals surface area contributed by atoms with Crippen molar-refractivity contribution in [3.8, 4) is 0 Å². The molecule has 0 fully saturated rings. The highest BCUT2D eigenvalue weighted by Crippen LogP contribution is 2.10. The van der Waals surface area contributed by atoms with E-state index in [0.29, 0.717) is 0 Å². The molecule has 0 aliphatic heterocycles. The Morgan fingerprint density at radius 3 is 1.83 bits per heavy atom. The quantitative estimate of drug-likeness (QED) is 0.684. The van der Waals surface area contributed by atoms with Crippen molar-refractivity contribution in [1.82, 2.24) is 4.90 Å². The molecule has 0 heterocycles. The first kappa shape index (κ1) is 11.4. The third-order valence-electron chi connectivity index (χ3n) is 2.09. The van der Waals surface area contributed by atoms with Crippen molar-refractivity contribution in [2.45, 2.75) is 33.7 Å². The van der Waals surface area contributed by atoms with Crippen molar-refractivity contribution in [1.29, 1.82) is 0 Å². The normalized spacial score (nSPS) is 13.8. The molecule has 72 valence electrons. The summed E-state index contributed by atoms with van der Waals surface area (Å²) in [5.41, 5.74) is 0. The summed E-state index contributed by atoms with van der Waals surface area (Å²) in [5, 5.41) is 8.93. The predicted molar refractivity (Wildman–Crippen MR) is 49.2 cm³/mol. The van der Waals surface area contributed by atoms with Gasteiger partial charge in [0.25, 0.3) is 0 Å². The minimum Gasteiger partial charge on any atom is -0.480 e. The lowest BCUT2D eigenvalue weighted by Crippen LogP contribution is -2.44. The van der Waals surface area contributed by atoms with E-state index < -0.39 is 5.97 Å². The van der Waals surface area contributed by atoms with E-state index in [9.17, 15) is 4.79 Å². The van der Waals surface area contributed by atoms with Crippen molar-refractivity contribution in [3.05, 3.63) is 0 Å². The van der Waals surface area contributed by atoms with Crippen LogP contribution in [0.4, 0.5) is 0 Å². The number of nitrogens with zero attached hydrogens (tertiary/aromatic N) is 1. The molecule has 0 saturated heterocycles. The first-order valence-corrected chi connectivity index (χ1v) is 4.51. The number of likely N-dealkylation sites (N-methyl/N-ethyl adjacent to an activating group) is 1. The molecule has 0 aliphatic rings. The molecular weight excluding hydrogens is 154 g/mol. The zero-order valence-electron chi connectivity index (χ0n) is 8.37. The smallest absolute Gasteiger partial charge is 0.321 e. The zero-order valence-corrected chi connectivity index (χ0v) is 8.37. The molecule has 12 heavy (non-hydrogen) atoms. The van der Waals surface area contributed by atoms with Crippen LogP contribution in [0.2, 0.25) is 0 Å². The average molecular weight is 173 g/mol. The first-order valence-electron chi connectivity index (χ1n) is 4.51. The van der Waals surface area contributed by atoms with Gasteiger partial charge in [-0.1, -0.05) is 27.7 Å². The second-order valence-corrected chi connectivity index (χ2v) is 3.25. The van der Waals surface area contributed by atoms with E-state index in [2.05, 4.69) is 0 Å². The maximum absolute atomic E-state index is 10.9. The van der Waals surface area contributed by atoms with Crippen LogP contribution in [-0.4, -0.2) is 35.1 Å². The maximum Gasteiger partial charge on any atom is 0.321 e. The fraction of sp³-hybridized carbons (Fsp3) is 0.889. The molecule has 0 aliphatic carbocycles. The van der Waals surface area contributed by atoms with Crippen LogP contribution in [0.3, 0.4) is 0 Å². The molecule has 0 bridgehead atoms. The van der Waals surface area contributed by atoms with Gasteiger partial charge in [-0.2, -0.15) is 0 Å². The van der Waals surface area contributed by atoms with Crippen molar-refractivity contribution in [2.75, 3.05) is 13.1 Å². The summed E-state index contributed by atoms with van der Waals surface area (Å²) < 4.78 is 0. The predicted octanol–water partition coefficient (Wildman–Crippen LogP) is 1.44. The van der Waals surface area contributed by atoms with Gasteiger partial charge < -0.3 is 5.11 Å². The van der Waals surface area contributed by atoms with Crippen LogP contribution in [0.1, 0.15) is 27.7 Å². The van der Waals surface area contributed by atoms with Gasteiger partial charge in [0.2, 0.25) is 0 Å². The number of rotatable bonds is 5. The summed E-state index contributed by atoms with van der Waals surface area (Å²) in [6.45, 7) is 9.45. The van der Waals surface area contributed by atoms with Crippen LogP contribution in [0.15, 0.2) is 0 Å². The average Bonchev–Trinajstić information content (AvgIpc) is 1.98. The number of carboxylic acid groups (broad SMARTS) is 1. The Balaban J connectivity index is 4.36. The van der Waals surface area contributed by atoms with Crippen LogP contribution in [0.5, 0.6) is 0 Å². The highest BCUT2D eigenvalue weighted by Gasteiger charge is 2.26. The summed E-state index contributed by atoms with van der Waals surface area (Å²) in [4.78, 5) is 12.8. The fourth-order valence-electron chi connectivity index (χ4n) is 1.48. The van der Waals surface area contributed by atoms with E-state index in [1.807, 2.05) is 32.6 Å². The van der Waals surface area contributed by atoms with E-state index in [1.165, 1.54) is 0 Å². The van der Waals surface area contributed by atoms with E-state index in [0.717, 1.165) is 13.1 Å². The molecular formula is C9H19NO2. The lowest BCUT2D eigenvalue weighted by molar-refractivity contribution is -0.144. The summed E-state index contributed by atoms with van der Waals surface area (Å²) in [6.07, 6.45) is 0.